The second kappa shape index (κ2) is 10.2. The molecule has 0 bridgehead atoms. The van der Waals surface area contributed by atoms with E-state index in [2.05, 4.69) is 50.0 Å². The zero-order valence-electron chi connectivity index (χ0n) is 22.5. The summed E-state index contributed by atoms with van der Waals surface area (Å²) in [5, 5.41) is 13.0. The van der Waals surface area contributed by atoms with Gasteiger partial charge in [0.05, 0.1) is 25.3 Å². The van der Waals surface area contributed by atoms with E-state index >= 15 is 0 Å². The van der Waals surface area contributed by atoms with Crippen molar-refractivity contribution in [3.8, 4) is 22.2 Å². The lowest BCUT2D eigenvalue weighted by Gasteiger charge is -2.43. The van der Waals surface area contributed by atoms with E-state index in [0.29, 0.717) is 22.0 Å². The van der Waals surface area contributed by atoms with Gasteiger partial charge in [0.25, 0.3) is 0 Å². The molecule has 0 radical (unpaired) electrons. The Balaban J connectivity index is 1.72. The molecule has 0 atom stereocenters. The minimum absolute atomic E-state index is 0.131. The maximum absolute atomic E-state index is 12.1. The molecule has 0 saturated carbocycles. The Hall–Kier alpha value is -4.08. The first-order valence-corrected chi connectivity index (χ1v) is 15.2. The zero-order valence-corrected chi connectivity index (χ0v) is 24.3. The molecule has 0 aliphatic heterocycles. The average molecular weight is 559 g/mol. The molecule has 2 heterocycles. The summed E-state index contributed by atoms with van der Waals surface area (Å²) in [4.78, 5) is 16.8. The van der Waals surface area contributed by atoms with Crippen molar-refractivity contribution in [3.05, 3.63) is 90.1 Å². The summed E-state index contributed by atoms with van der Waals surface area (Å²) in [6, 6.07) is 26.1. The van der Waals surface area contributed by atoms with Gasteiger partial charge in [0.2, 0.25) is 0 Å². The van der Waals surface area contributed by atoms with Crippen molar-refractivity contribution < 1.29 is 23.8 Å². The fourth-order valence-electron chi connectivity index (χ4n) is 4.97. The summed E-state index contributed by atoms with van der Waals surface area (Å²) < 4.78 is 19.7. The maximum Gasteiger partial charge on any atom is 0.351 e. The molecule has 39 heavy (non-hydrogen) atoms. The number of nitrogens with zero attached hydrogens (tertiary/aromatic N) is 2. The van der Waals surface area contributed by atoms with Gasteiger partial charge in [-0.3, -0.25) is 4.57 Å². The van der Waals surface area contributed by atoms with Crippen LogP contribution < -0.4 is 19.5 Å². The average Bonchev–Trinajstić information content (AvgIpc) is 3.53. The Morgan fingerprint density at radius 1 is 0.923 bits per heavy atom. The molecule has 3 aromatic carbocycles. The molecule has 0 saturated heterocycles. The Morgan fingerprint density at radius 3 is 2.08 bits per heavy atom. The number of hydrogen-bond acceptors (Lipinski definition) is 7. The highest BCUT2D eigenvalue weighted by Gasteiger charge is 2.52. The van der Waals surface area contributed by atoms with E-state index in [4.69, 9.17) is 13.9 Å². The molecule has 2 aromatic heterocycles. The molecule has 1 N–H and O–H groups in total. The fraction of sp³-hybridized carbons (Fsp3) is 0.200. The number of fused-ring (bicyclic) bond motifs is 1. The number of aromatic nitrogens is 2. The lowest BCUT2D eigenvalue weighted by atomic mass is 10.2. The van der Waals surface area contributed by atoms with Gasteiger partial charge in [0, 0.05) is 18.2 Å². The highest BCUT2D eigenvalue weighted by Crippen LogP contribution is 2.42. The highest BCUT2D eigenvalue weighted by molar-refractivity contribution is 7.16. The molecule has 0 unspecified atom stereocenters. The van der Waals surface area contributed by atoms with Gasteiger partial charge in [0.1, 0.15) is 22.8 Å². The lowest BCUT2D eigenvalue weighted by Crippen LogP contribution is -2.68. The predicted octanol–water partition coefficient (Wildman–Crippen LogP) is 5.53. The summed E-state index contributed by atoms with van der Waals surface area (Å²) in [7, 11) is -0.0268. The number of rotatable bonds is 7. The van der Waals surface area contributed by atoms with Crippen LogP contribution in [0, 0.1) is 0 Å². The third-order valence-electron chi connectivity index (χ3n) is 6.82. The normalized spacial score (nSPS) is 11.9. The minimum atomic E-state index is -2.93. The smallest absolute Gasteiger partial charge is 0.351 e. The highest BCUT2D eigenvalue weighted by atomic mass is 32.1. The number of hydrogen-bond donors (Lipinski definition) is 1. The first kappa shape index (κ1) is 26.5. The number of esters is 1. The van der Waals surface area contributed by atoms with E-state index in [1.807, 2.05) is 53.1 Å². The summed E-state index contributed by atoms with van der Waals surface area (Å²) in [6.45, 7) is 6.66. The van der Waals surface area contributed by atoms with E-state index in [9.17, 15) is 9.90 Å². The van der Waals surface area contributed by atoms with Crippen molar-refractivity contribution in [2.45, 2.75) is 25.8 Å². The lowest BCUT2D eigenvalue weighted by molar-refractivity contribution is 0.0603. The molecule has 0 aliphatic rings. The SMILES string of the molecule is COC(=O)c1sc(-n2cnc3cc(OC)c(O[Si](c4ccccc4)(c4ccccc4)C(C)(C)C)cc32)cc1O. The molecule has 200 valence electrons. The molecule has 0 amide bonds. The Bertz CT molecular complexity index is 1580. The molecule has 5 aromatic rings. The van der Waals surface area contributed by atoms with E-state index in [1.165, 1.54) is 13.2 Å². The van der Waals surface area contributed by atoms with Crippen molar-refractivity contribution in [1.82, 2.24) is 9.55 Å². The van der Waals surface area contributed by atoms with Crippen LogP contribution in [0.3, 0.4) is 0 Å². The number of ether oxygens (including phenoxy) is 2. The quantitative estimate of drug-likeness (QED) is 0.209. The van der Waals surface area contributed by atoms with Gasteiger partial charge >= 0.3 is 14.3 Å². The molecule has 5 rings (SSSR count). The van der Waals surface area contributed by atoms with Gasteiger partial charge in [-0.15, -0.1) is 11.3 Å². The number of carbonyl (C=O) groups excluding carboxylic acids is 1. The largest absolute Gasteiger partial charge is 0.531 e. The topological polar surface area (TPSA) is 82.8 Å². The van der Waals surface area contributed by atoms with Crippen LogP contribution >= 0.6 is 11.3 Å². The van der Waals surface area contributed by atoms with Crippen molar-refractivity contribution in [2.24, 2.45) is 0 Å². The molecule has 0 fully saturated rings. The fourth-order valence-corrected chi connectivity index (χ4v) is 10.3. The zero-order chi connectivity index (χ0) is 27.8. The summed E-state index contributed by atoms with van der Waals surface area (Å²) in [6.07, 6.45) is 1.66. The van der Waals surface area contributed by atoms with E-state index < -0.39 is 14.3 Å². The first-order valence-electron chi connectivity index (χ1n) is 12.5. The van der Waals surface area contributed by atoms with Crippen LogP contribution in [0.2, 0.25) is 5.04 Å². The first-order chi connectivity index (χ1) is 18.7. The number of methoxy groups -OCH3 is 2. The van der Waals surface area contributed by atoms with Crippen LogP contribution in [0.25, 0.3) is 16.0 Å². The van der Waals surface area contributed by atoms with Crippen LogP contribution in [0.4, 0.5) is 0 Å². The minimum Gasteiger partial charge on any atom is -0.531 e. The van der Waals surface area contributed by atoms with Crippen molar-refractivity contribution in [3.63, 3.8) is 0 Å². The van der Waals surface area contributed by atoms with Crippen LogP contribution in [-0.2, 0) is 4.74 Å². The monoisotopic (exact) mass is 558 g/mol. The second-order valence-electron chi connectivity index (χ2n) is 10.2. The number of imidazole rings is 1. The molecule has 9 heteroatoms. The van der Waals surface area contributed by atoms with Crippen LogP contribution in [0.1, 0.15) is 30.4 Å². The standard InChI is InChI=1S/C30H30N2O5SSi/c1-30(2,3)39(20-12-8-6-9-13-20,21-14-10-7-11-15-21)37-26-17-23-22(16-25(26)35-4)31-19-32(23)27-18-24(33)28(38-27)29(34)36-5/h6-19,33H,1-5H3. The van der Waals surface area contributed by atoms with Crippen molar-refractivity contribution in [2.75, 3.05) is 14.2 Å². The molecule has 7 nitrogen and oxygen atoms in total. The van der Waals surface area contributed by atoms with E-state index in [0.717, 1.165) is 27.2 Å². The van der Waals surface area contributed by atoms with Gasteiger partial charge < -0.3 is 19.0 Å². The Kier molecular flexibility index (Phi) is 6.96. The number of benzene rings is 3. The van der Waals surface area contributed by atoms with Crippen LogP contribution in [0.5, 0.6) is 17.2 Å². The number of thiophene rings is 1. The summed E-state index contributed by atoms with van der Waals surface area (Å²) in [5.74, 6) is 0.437. The Morgan fingerprint density at radius 2 is 1.54 bits per heavy atom. The van der Waals surface area contributed by atoms with Gasteiger partial charge in [-0.2, -0.15) is 0 Å². The molecular weight excluding hydrogens is 528 g/mol. The van der Waals surface area contributed by atoms with Gasteiger partial charge in [-0.05, 0) is 15.4 Å². The molecule has 0 spiro atoms. The molecular formula is C30H30N2O5SSi. The third-order valence-corrected chi connectivity index (χ3v) is 12.9. The van der Waals surface area contributed by atoms with Crippen molar-refractivity contribution >= 4 is 47.0 Å². The van der Waals surface area contributed by atoms with Gasteiger partial charge in [0.15, 0.2) is 10.6 Å². The van der Waals surface area contributed by atoms with Crippen molar-refractivity contribution in [1.29, 1.82) is 0 Å². The number of carbonyl (C=O) groups is 1. The Labute approximate surface area is 232 Å². The third kappa shape index (κ3) is 4.57. The van der Waals surface area contributed by atoms with Crippen LogP contribution in [-0.4, -0.2) is 43.2 Å². The van der Waals surface area contributed by atoms with E-state index in [1.54, 1.807) is 13.4 Å². The van der Waals surface area contributed by atoms with E-state index in [-0.39, 0.29) is 15.7 Å². The molecule has 0 aliphatic carbocycles. The van der Waals surface area contributed by atoms with Gasteiger partial charge in [-0.1, -0.05) is 81.4 Å². The predicted molar refractivity (Wildman–Crippen MR) is 157 cm³/mol. The summed E-state index contributed by atoms with van der Waals surface area (Å²) in [5.41, 5.74) is 1.44. The van der Waals surface area contributed by atoms with Crippen LogP contribution in [0.15, 0.2) is 85.2 Å². The van der Waals surface area contributed by atoms with Gasteiger partial charge in [-0.25, -0.2) is 9.78 Å². The summed E-state index contributed by atoms with van der Waals surface area (Å²) >= 11 is 1.13. The maximum atomic E-state index is 12.1. The number of aromatic hydroxyl groups is 1. The second-order valence-corrected chi connectivity index (χ2v) is 15.4.